The zero-order chi connectivity index (χ0) is 16.3. The zero-order valence-electron chi connectivity index (χ0n) is 11.1. The van der Waals surface area contributed by atoms with Crippen molar-refractivity contribution in [1.82, 2.24) is 4.90 Å². The van der Waals surface area contributed by atoms with Crippen LogP contribution in [0.4, 0.5) is 13.2 Å². The van der Waals surface area contributed by atoms with E-state index in [4.69, 9.17) is 12.2 Å². The fourth-order valence-electron chi connectivity index (χ4n) is 1.70. The molecule has 1 aromatic rings. The summed E-state index contributed by atoms with van der Waals surface area (Å²) in [5, 5.41) is 0. The summed E-state index contributed by atoms with van der Waals surface area (Å²) in [5.41, 5.74) is 0.577. The Morgan fingerprint density at radius 3 is 2.50 bits per heavy atom. The van der Waals surface area contributed by atoms with Crippen LogP contribution in [0.25, 0.3) is 6.08 Å². The Bertz CT molecular complexity index is 638. The number of carbonyl (C=O) groups excluding carboxylic acids is 1. The number of alkyl halides is 3. The third kappa shape index (κ3) is 4.11. The van der Waals surface area contributed by atoms with Crippen LogP contribution in [0, 0.1) is 0 Å². The zero-order valence-corrected chi connectivity index (χ0v) is 12.7. The first kappa shape index (κ1) is 16.6. The van der Waals surface area contributed by atoms with Crippen LogP contribution in [0.15, 0.2) is 41.8 Å². The van der Waals surface area contributed by atoms with Gasteiger partial charge in [-0.3, -0.25) is 9.69 Å². The summed E-state index contributed by atoms with van der Waals surface area (Å²) in [7, 11) is 0. The van der Waals surface area contributed by atoms with Gasteiger partial charge in [0.15, 0.2) is 0 Å². The molecule has 1 aromatic carbocycles. The van der Waals surface area contributed by atoms with Crippen LogP contribution in [0.5, 0.6) is 5.75 Å². The number of hydrogen-bond donors (Lipinski definition) is 0. The van der Waals surface area contributed by atoms with Gasteiger partial charge in [0.2, 0.25) is 0 Å². The van der Waals surface area contributed by atoms with E-state index in [0.29, 0.717) is 21.3 Å². The maximum atomic E-state index is 12.1. The summed E-state index contributed by atoms with van der Waals surface area (Å²) in [4.78, 5) is 13.9. The predicted molar refractivity (Wildman–Crippen MR) is 83.2 cm³/mol. The quantitative estimate of drug-likeness (QED) is 0.469. The number of benzene rings is 1. The molecule has 3 nitrogen and oxygen atoms in total. The molecule has 0 aliphatic carbocycles. The SMILES string of the molecule is C=CCN1C(=O)/C(=C/c2ccc(OC(F)(F)F)cc2)SC1=S. The predicted octanol–water partition coefficient (Wildman–Crippen LogP) is 3.97. The maximum Gasteiger partial charge on any atom is 0.573 e. The molecule has 1 saturated heterocycles. The summed E-state index contributed by atoms with van der Waals surface area (Å²) < 4.78 is 40.4. The number of ether oxygens (including phenoxy) is 1. The minimum atomic E-state index is -4.73. The lowest BCUT2D eigenvalue weighted by molar-refractivity contribution is -0.274. The largest absolute Gasteiger partial charge is 0.573 e. The Morgan fingerprint density at radius 1 is 1.32 bits per heavy atom. The second kappa shape index (κ2) is 6.53. The van der Waals surface area contributed by atoms with Crippen LogP contribution < -0.4 is 4.74 Å². The summed E-state index contributed by atoms with van der Waals surface area (Å²) in [6.07, 6.45) is -1.59. The summed E-state index contributed by atoms with van der Waals surface area (Å²) in [5.74, 6) is -0.561. The van der Waals surface area contributed by atoms with Crippen LogP contribution in [-0.2, 0) is 4.79 Å². The van der Waals surface area contributed by atoms with Gasteiger partial charge in [-0.15, -0.1) is 19.8 Å². The highest BCUT2D eigenvalue weighted by Gasteiger charge is 2.32. The smallest absolute Gasteiger partial charge is 0.406 e. The molecule has 1 fully saturated rings. The van der Waals surface area contributed by atoms with Crippen LogP contribution in [0.1, 0.15) is 5.56 Å². The molecule has 0 spiro atoms. The molecule has 1 aliphatic heterocycles. The molecular weight excluding hydrogens is 335 g/mol. The van der Waals surface area contributed by atoms with Crippen LogP contribution in [-0.4, -0.2) is 28.0 Å². The first-order chi connectivity index (χ1) is 10.3. The topological polar surface area (TPSA) is 29.5 Å². The van der Waals surface area contributed by atoms with Crippen molar-refractivity contribution in [2.75, 3.05) is 6.54 Å². The molecule has 116 valence electrons. The third-order valence-electron chi connectivity index (χ3n) is 2.60. The number of thiocarbonyl (C=S) groups is 1. The summed E-state index contributed by atoms with van der Waals surface area (Å²) in [6.45, 7) is 3.87. The van der Waals surface area contributed by atoms with E-state index < -0.39 is 6.36 Å². The van der Waals surface area contributed by atoms with Crippen molar-refractivity contribution in [1.29, 1.82) is 0 Å². The first-order valence-corrected chi connectivity index (χ1v) is 7.25. The van der Waals surface area contributed by atoms with Gasteiger partial charge >= 0.3 is 6.36 Å². The van der Waals surface area contributed by atoms with Gasteiger partial charge in [0, 0.05) is 6.54 Å². The van der Waals surface area contributed by atoms with E-state index in [0.717, 1.165) is 11.8 Å². The second-order valence-electron chi connectivity index (χ2n) is 4.20. The van der Waals surface area contributed by atoms with Crippen LogP contribution >= 0.6 is 24.0 Å². The Morgan fingerprint density at radius 2 is 1.95 bits per heavy atom. The molecule has 0 saturated carbocycles. The molecule has 1 aliphatic rings. The Hall–Kier alpha value is -1.80. The van der Waals surface area contributed by atoms with E-state index in [9.17, 15) is 18.0 Å². The van der Waals surface area contributed by atoms with E-state index in [1.54, 1.807) is 12.2 Å². The van der Waals surface area contributed by atoms with Gasteiger partial charge in [-0.2, -0.15) is 0 Å². The van der Waals surface area contributed by atoms with Gasteiger partial charge in [-0.05, 0) is 23.8 Å². The minimum Gasteiger partial charge on any atom is -0.406 e. The number of amides is 1. The molecule has 8 heteroatoms. The highest BCUT2D eigenvalue weighted by atomic mass is 32.2. The average Bonchev–Trinajstić information content (AvgIpc) is 2.68. The standard InChI is InChI=1S/C14H10F3NO2S2/c1-2-7-18-12(19)11(22-13(18)21)8-9-3-5-10(6-4-9)20-14(15,16)17/h2-6,8H,1,7H2/b11-8-. The van der Waals surface area contributed by atoms with E-state index in [1.807, 2.05) is 0 Å². The molecule has 0 aromatic heterocycles. The van der Waals surface area contributed by atoms with Crippen molar-refractivity contribution in [2.45, 2.75) is 6.36 Å². The summed E-state index contributed by atoms with van der Waals surface area (Å²) in [6, 6.07) is 5.23. The Balaban J connectivity index is 2.15. The lowest BCUT2D eigenvalue weighted by Gasteiger charge is -2.10. The Labute approximate surface area is 134 Å². The normalized spacial score (nSPS) is 17.2. The maximum absolute atomic E-state index is 12.1. The van der Waals surface area contributed by atoms with Crippen LogP contribution in [0.3, 0.4) is 0 Å². The third-order valence-corrected chi connectivity index (χ3v) is 3.97. The Kier molecular flexibility index (Phi) is 4.92. The monoisotopic (exact) mass is 345 g/mol. The fourth-order valence-corrected chi connectivity index (χ4v) is 2.98. The number of carbonyl (C=O) groups is 1. The van der Waals surface area contributed by atoms with Gasteiger partial charge in [0.1, 0.15) is 10.1 Å². The first-order valence-electron chi connectivity index (χ1n) is 6.02. The van der Waals surface area contributed by atoms with E-state index >= 15 is 0 Å². The van der Waals surface area contributed by atoms with Crippen molar-refractivity contribution >= 4 is 40.3 Å². The molecule has 0 radical (unpaired) electrons. The van der Waals surface area contributed by atoms with Gasteiger partial charge in [-0.1, -0.05) is 42.2 Å². The molecule has 1 heterocycles. The molecule has 0 bridgehead atoms. The van der Waals surface area contributed by atoms with E-state index in [1.165, 1.54) is 29.2 Å². The van der Waals surface area contributed by atoms with Gasteiger partial charge in [0.05, 0.1) is 4.91 Å². The number of hydrogen-bond acceptors (Lipinski definition) is 4. The number of halogens is 3. The molecule has 2 rings (SSSR count). The number of thioether (sulfide) groups is 1. The van der Waals surface area contributed by atoms with Crippen molar-refractivity contribution in [3.05, 3.63) is 47.4 Å². The fraction of sp³-hybridized carbons (Fsp3) is 0.143. The van der Waals surface area contributed by atoms with Crippen molar-refractivity contribution < 1.29 is 22.7 Å². The van der Waals surface area contributed by atoms with Crippen LogP contribution in [0.2, 0.25) is 0 Å². The van der Waals surface area contributed by atoms with Crippen molar-refractivity contribution in [2.24, 2.45) is 0 Å². The molecule has 0 N–H and O–H groups in total. The second-order valence-corrected chi connectivity index (χ2v) is 5.87. The molecule has 0 atom stereocenters. The summed E-state index contributed by atoms with van der Waals surface area (Å²) >= 11 is 6.23. The van der Waals surface area contributed by atoms with E-state index in [-0.39, 0.29) is 11.7 Å². The van der Waals surface area contributed by atoms with Gasteiger partial charge in [0.25, 0.3) is 5.91 Å². The average molecular weight is 345 g/mol. The highest BCUT2D eigenvalue weighted by Crippen LogP contribution is 2.32. The van der Waals surface area contributed by atoms with Gasteiger partial charge < -0.3 is 4.74 Å². The van der Waals surface area contributed by atoms with Crippen molar-refractivity contribution in [3.63, 3.8) is 0 Å². The minimum absolute atomic E-state index is 0.245. The molecule has 1 amide bonds. The molecular formula is C14H10F3NO2S2. The van der Waals surface area contributed by atoms with Crippen molar-refractivity contribution in [3.8, 4) is 5.75 Å². The molecule has 0 unspecified atom stereocenters. The lowest BCUT2D eigenvalue weighted by atomic mass is 10.2. The number of nitrogens with zero attached hydrogens (tertiary/aromatic N) is 1. The highest BCUT2D eigenvalue weighted by molar-refractivity contribution is 8.26. The van der Waals surface area contributed by atoms with E-state index in [2.05, 4.69) is 11.3 Å². The van der Waals surface area contributed by atoms with Gasteiger partial charge in [-0.25, -0.2) is 0 Å². The lowest BCUT2D eigenvalue weighted by Crippen LogP contribution is -2.27. The number of rotatable bonds is 4. The molecule has 22 heavy (non-hydrogen) atoms.